The highest BCUT2D eigenvalue weighted by Gasteiger charge is 2.30. The second-order valence-electron chi connectivity index (χ2n) is 8.33. The van der Waals surface area contributed by atoms with Crippen LogP contribution in [0.15, 0.2) is 0 Å². The third-order valence-corrected chi connectivity index (χ3v) is 6.09. The standard InChI is InChI=1S/C16H32N2O4S/c1-15(2,3)22-14(19)18-13-9-7-12(8-10-13)11-17-23(20,21)16(4,5)6/h12-13,17H,7-11H2,1-6H3,(H,18,19)/t12-,13-. The Labute approximate surface area is 140 Å². The number of carbonyl (C=O) groups excluding carboxylic acids is 1. The van der Waals surface area contributed by atoms with Crippen molar-refractivity contribution in [2.75, 3.05) is 6.54 Å². The molecule has 0 radical (unpaired) electrons. The molecule has 0 heterocycles. The quantitative estimate of drug-likeness (QED) is 0.818. The van der Waals surface area contributed by atoms with Crippen LogP contribution in [0.4, 0.5) is 4.79 Å². The average molecular weight is 349 g/mol. The zero-order chi connectivity index (χ0) is 17.9. The van der Waals surface area contributed by atoms with Crippen molar-refractivity contribution in [3.8, 4) is 0 Å². The minimum absolute atomic E-state index is 0.111. The van der Waals surface area contributed by atoms with Gasteiger partial charge in [0, 0.05) is 12.6 Å². The van der Waals surface area contributed by atoms with Crippen LogP contribution < -0.4 is 10.0 Å². The van der Waals surface area contributed by atoms with Crippen LogP contribution in [0, 0.1) is 5.92 Å². The summed E-state index contributed by atoms with van der Waals surface area (Å²) in [5.74, 6) is 0.323. The van der Waals surface area contributed by atoms with Gasteiger partial charge in [-0.2, -0.15) is 0 Å². The molecule has 1 rings (SSSR count). The summed E-state index contributed by atoms with van der Waals surface area (Å²) >= 11 is 0. The molecule has 1 saturated carbocycles. The van der Waals surface area contributed by atoms with Crippen molar-refractivity contribution in [2.24, 2.45) is 5.92 Å². The van der Waals surface area contributed by atoms with Crippen LogP contribution >= 0.6 is 0 Å². The molecule has 0 atom stereocenters. The zero-order valence-electron chi connectivity index (χ0n) is 15.2. The van der Waals surface area contributed by atoms with Gasteiger partial charge in [-0.05, 0) is 73.1 Å². The van der Waals surface area contributed by atoms with Gasteiger partial charge < -0.3 is 10.1 Å². The highest BCUT2D eigenvalue weighted by Crippen LogP contribution is 2.25. The molecule has 0 aromatic carbocycles. The summed E-state index contributed by atoms with van der Waals surface area (Å²) in [7, 11) is -3.29. The molecule has 0 aromatic heterocycles. The molecule has 0 unspecified atom stereocenters. The van der Waals surface area contributed by atoms with Crippen LogP contribution in [-0.4, -0.2) is 37.4 Å². The van der Waals surface area contributed by atoms with Crippen LogP contribution in [0.25, 0.3) is 0 Å². The lowest BCUT2D eigenvalue weighted by molar-refractivity contribution is 0.0487. The van der Waals surface area contributed by atoms with E-state index in [1.54, 1.807) is 20.8 Å². The number of hydrogen-bond acceptors (Lipinski definition) is 4. The third-order valence-electron chi connectivity index (χ3n) is 3.94. The molecule has 1 fully saturated rings. The number of hydrogen-bond donors (Lipinski definition) is 2. The number of nitrogens with one attached hydrogen (secondary N) is 2. The van der Waals surface area contributed by atoms with Gasteiger partial charge in [0.05, 0.1) is 4.75 Å². The molecule has 1 aliphatic rings. The molecule has 1 amide bonds. The highest BCUT2D eigenvalue weighted by atomic mass is 32.2. The van der Waals surface area contributed by atoms with Crippen LogP contribution in [0.1, 0.15) is 67.2 Å². The second kappa shape index (κ2) is 7.38. The van der Waals surface area contributed by atoms with Gasteiger partial charge in [-0.1, -0.05) is 0 Å². The Hall–Kier alpha value is -0.820. The zero-order valence-corrected chi connectivity index (χ0v) is 16.0. The average Bonchev–Trinajstić information content (AvgIpc) is 2.34. The number of sulfonamides is 1. The predicted octanol–water partition coefficient (Wildman–Crippen LogP) is 2.79. The van der Waals surface area contributed by atoms with Gasteiger partial charge in [-0.3, -0.25) is 0 Å². The first-order valence-electron chi connectivity index (χ1n) is 8.29. The van der Waals surface area contributed by atoms with Crippen LogP contribution in [-0.2, 0) is 14.8 Å². The van der Waals surface area contributed by atoms with E-state index in [-0.39, 0.29) is 12.1 Å². The predicted molar refractivity (Wildman–Crippen MR) is 91.8 cm³/mol. The van der Waals surface area contributed by atoms with Crippen molar-refractivity contribution < 1.29 is 17.9 Å². The molecule has 1 aliphatic carbocycles. The SMILES string of the molecule is CC(C)(C)OC(=O)N[C@H]1CC[C@H](CNS(=O)(=O)C(C)(C)C)CC1. The van der Waals surface area contributed by atoms with Gasteiger partial charge in [-0.25, -0.2) is 17.9 Å². The van der Waals surface area contributed by atoms with Gasteiger partial charge in [0.1, 0.15) is 5.60 Å². The highest BCUT2D eigenvalue weighted by molar-refractivity contribution is 7.90. The normalized spacial score (nSPS) is 23.4. The Morgan fingerprint density at radius 2 is 1.57 bits per heavy atom. The Morgan fingerprint density at radius 3 is 2.00 bits per heavy atom. The van der Waals surface area contributed by atoms with Gasteiger partial charge in [-0.15, -0.1) is 0 Å². The third kappa shape index (κ3) is 7.08. The van der Waals surface area contributed by atoms with Crippen molar-refractivity contribution in [1.29, 1.82) is 0 Å². The Balaban J connectivity index is 2.35. The molecule has 7 heteroatoms. The lowest BCUT2D eigenvalue weighted by Gasteiger charge is -2.30. The summed E-state index contributed by atoms with van der Waals surface area (Å²) in [5, 5.41) is 2.89. The summed E-state index contributed by atoms with van der Waals surface area (Å²) in [5.41, 5.74) is -0.494. The van der Waals surface area contributed by atoms with E-state index in [4.69, 9.17) is 4.74 Å². The fraction of sp³-hybridized carbons (Fsp3) is 0.938. The molecule has 0 aliphatic heterocycles. The molecule has 0 bridgehead atoms. The number of ether oxygens (including phenoxy) is 1. The number of rotatable bonds is 4. The van der Waals surface area contributed by atoms with Gasteiger partial charge in [0.15, 0.2) is 0 Å². The molecule has 0 aromatic rings. The van der Waals surface area contributed by atoms with Crippen LogP contribution in [0.5, 0.6) is 0 Å². The van der Waals surface area contributed by atoms with Crippen LogP contribution in [0.2, 0.25) is 0 Å². The minimum Gasteiger partial charge on any atom is -0.444 e. The summed E-state index contributed by atoms with van der Waals surface area (Å²) in [6, 6.07) is 0.111. The summed E-state index contributed by atoms with van der Waals surface area (Å²) in [4.78, 5) is 11.8. The Morgan fingerprint density at radius 1 is 1.04 bits per heavy atom. The van der Waals surface area contributed by atoms with E-state index in [1.165, 1.54) is 0 Å². The molecule has 136 valence electrons. The topological polar surface area (TPSA) is 84.5 Å². The fourth-order valence-electron chi connectivity index (χ4n) is 2.43. The second-order valence-corrected chi connectivity index (χ2v) is 10.8. The van der Waals surface area contributed by atoms with E-state index < -0.39 is 20.4 Å². The van der Waals surface area contributed by atoms with Crippen molar-refractivity contribution >= 4 is 16.1 Å². The number of carbonyl (C=O) groups is 1. The molecule has 23 heavy (non-hydrogen) atoms. The van der Waals surface area contributed by atoms with Crippen molar-refractivity contribution in [2.45, 2.75) is 83.6 Å². The Kier molecular flexibility index (Phi) is 6.49. The Bertz CT molecular complexity index is 495. The first kappa shape index (κ1) is 20.2. The maximum Gasteiger partial charge on any atom is 0.407 e. The molecule has 2 N–H and O–H groups in total. The van der Waals surface area contributed by atoms with E-state index in [0.717, 1.165) is 25.7 Å². The molecular formula is C16H32N2O4S. The lowest BCUT2D eigenvalue weighted by atomic mass is 9.86. The first-order chi connectivity index (χ1) is 10.3. The smallest absolute Gasteiger partial charge is 0.407 e. The maximum atomic E-state index is 12.1. The lowest BCUT2D eigenvalue weighted by Crippen LogP contribution is -2.44. The van der Waals surface area contributed by atoms with Gasteiger partial charge in [0.2, 0.25) is 10.0 Å². The monoisotopic (exact) mass is 348 g/mol. The van der Waals surface area contributed by atoms with Crippen molar-refractivity contribution in [3.05, 3.63) is 0 Å². The van der Waals surface area contributed by atoms with Crippen molar-refractivity contribution in [1.82, 2.24) is 10.0 Å². The summed E-state index contributed by atoms with van der Waals surface area (Å²) in [6.45, 7) is 11.1. The van der Waals surface area contributed by atoms with E-state index in [0.29, 0.717) is 12.5 Å². The molecule has 0 saturated heterocycles. The van der Waals surface area contributed by atoms with E-state index in [1.807, 2.05) is 20.8 Å². The van der Waals surface area contributed by atoms with E-state index in [9.17, 15) is 13.2 Å². The van der Waals surface area contributed by atoms with Gasteiger partial charge >= 0.3 is 6.09 Å². The molecule has 6 nitrogen and oxygen atoms in total. The van der Waals surface area contributed by atoms with E-state index >= 15 is 0 Å². The van der Waals surface area contributed by atoms with Crippen LogP contribution in [0.3, 0.4) is 0 Å². The first-order valence-corrected chi connectivity index (χ1v) is 9.77. The largest absolute Gasteiger partial charge is 0.444 e. The van der Waals surface area contributed by atoms with E-state index in [2.05, 4.69) is 10.0 Å². The minimum atomic E-state index is -3.29. The number of amides is 1. The molecular weight excluding hydrogens is 316 g/mol. The molecule has 0 spiro atoms. The summed E-state index contributed by atoms with van der Waals surface area (Å²) in [6.07, 6.45) is 3.11. The number of alkyl carbamates (subject to hydrolysis) is 1. The fourth-order valence-corrected chi connectivity index (χ4v) is 3.32. The van der Waals surface area contributed by atoms with Gasteiger partial charge in [0.25, 0.3) is 0 Å². The maximum absolute atomic E-state index is 12.1. The van der Waals surface area contributed by atoms with Crippen molar-refractivity contribution in [3.63, 3.8) is 0 Å². The summed E-state index contributed by atoms with van der Waals surface area (Å²) < 4.78 is 31.3.